The van der Waals surface area contributed by atoms with E-state index < -0.39 is 27.9 Å². The molecule has 0 spiro atoms. The van der Waals surface area contributed by atoms with Crippen LogP contribution in [0.5, 0.6) is 0 Å². The molecule has 0 aliphatic rings. The third-order valence-corrected chi connectivity index (χ3v) is 6.45. The molecule has 0 saturated carbocycles. The molecule has 1 unspecified atom stereocenters. The minimum absolute atomic E-state index is 0.0925. The Labute approximate surface area is 173 Å². The highest BCUT2D eigenvalue weighted by Gasteiger charge is 2.17. The molecule has 10 heteroatoms. The second kappa shape index (κ2) is 9.09. The van der Waals surface area contributed by atoms with Crippen molar-refractivity contribution in [1.29, 1.82) is 0 Å². The molecule has 1 atom stereocenters. The van der Waals surface area contributed by atoms with Gasteiger partial charge in [0.15, 0.2) is 0 Å². The Morgan fingerprint density at radius 1 is 1.14 bits per heavy atom. The van der Waals surface area contributed by atoms with Gasteiger partial charge in [-0.25, -0.2) is 21.9 Å². The van der Waals surface area contributed by atoms with E-state index in [0.29, 0.717) is 5.56 Å². The summed E-state index contributed by atoms with van der Waals surface area (Å²) < 4.78 is 38.8. The molecule has 2 aromatic rings. The zero-order chi connectivity index (χ0) is 21.1. The van der Waals surface area contributed by atoms with Crippen molar-refractivity contribution < 1.29 is 17.6 Å². The number of carbonyl (C=O) groups excluding carboxylic acids is 1. The number of nitrogens with one attached hydrogen (secondary N) is 2. The zero-order valence-electron chi connectivity index (χ0n) is 15.5. The van der Waals surface area contributed by atoms with Crippen LogP contribution >= 0.6 is 23.2 Å². The molecule has 28 heavy (non-hydrogen) atoms. The quantitative estimate of drug-likeness (QED) is 0.658. The Hall–Kier alpha value is -1.87. The number of amides is 2. The number of benzene rings is 2. The van der Waals surface area contributed by atoms with Gasteiger partial charge in [-0.05, 0) is 42.3 Å². The first-order chi connectivity index (χ1) is 13.0. The molecule has 0 saturated heterocycles. The second-order valence-corrected chi connectivity index (χ2v) is 9.23. The van der Waals surface area contributed by atoms with Crippen molar-refractivity contribution in [3.05, 3.63) is 63.4 Å². The fourth-order valence-corrected chi connectivity index (χ4v) is 3.82. The normalized spacial score (nSPS) is 12.7. The number of carbonyl (C=O) groups is 1. The highest BCUT2D eigenvalue weighted by atomic mass is 35.5. The van der Waals surface area contributed by atoms with Gasteiger partial charge >= 0.3 is 6.03 Å². The SMILES string of the molecule is CC(NC(=O)NCc1ccc(S(=O)(=O)N(C)C)cc1)c1cc(F)c(Cl)cc1Cl. The average molecular weight is 448 g/mol. The number of hydrogen-bond acceptors (Lipinski definition) is 3. The summed E-state index contributed by atoms with van der Waals surface area (Å²) in [6, 6.07) is 7.62. The standard InChI is InChI=1S/C18H20Cl2FN3O3S/c1-11(14-8-17(21)16(20)9-15(14)19)23-18(25)22-10-12-4-6-13(7-5-12)28(26,27)24(2)3/h4-9,11H,10H2,1-3H3,(H2,22,23,25). The van der Waals surface area contributed by atoms with Crippen molar-refractivity contribution in [3.8, 4) is 0 Å². The lowest BCUT2D eigenvalue weighted by atomic mass is 10.1. The van der Waals surface area contributed by atoms with E-state index in [0.717, 1.165) is 9.87 Å². The maximum absolute atomic E-state index is 13.6. The maximum Gasteiger partial charge on any atom is 0.315 e. The fraction of sp³-hybridized carbons (Fsp3) is 0.278. The number of halogens is 3. The van der Waals surface area contributed by atoms with Gasteiger partial charge < -0.3 is 10.6 Å². The minimum atomic E-state index is -3.50. The van der Waals surface area contributed by atoms with Gasteiger partial charge in [-0.1, -0.05) is 35.3 Å². The Kier molecular flexibility index (Phi) is 7.28. The number of urea groups is 1. The average Bonchev–Trinajstić information content (AvgIpc) is 2.63. The van der Waals surface area contributed by atoms with E-state index in [4.69, 9.17) is 23.2 Å². The van der Waals surface area contributed by atoms with E-state index in [-0.39, 0.29) is 21.5 Å². The zero-order valence-corrected chi connectivity index (χ0v) is 17.8. The third kappa shape index (κ3) is 5.35. The lowest BCUT2D eigenvalue weighted by Gasteiger charge is -2.17. The van der Waals surface area contributed by atoms with Crippen molar-refractivity contribution in [2.75, 3.05) is 14.1 Å². The van der Waals surface area contributed by atoms with E-state index in [2.05, 4.69) is 10.6 Å². The van der Waals surface area contributed by atoms with E-state index in [9.17, 15) is 17.6 Å². The van der Waals surface area contributed by atoms with Gasteiger partial charge in [0.25, 0.3) is 0 Å². The van der Waals surface area contributed by atoms with E-state index in [1.54, 1.807) is 19.1 Å². The Balaban J connectivity index is 1.96. The van der Waals surface area contributed by atoms with Gasteiger partial charge in [0.1, 0.15) is 5.82 Å². The lowest BCUT2D eigenvalue weighted by Crippen LogP contribution is -2.36. The summed E-state index contributed by atoms with van der Waals surface area (Å²) in [5.74, 6) is -0.622. The first kappa shape index (κ1) is 22.4. The van der Waals surface area contributed by atoms with E-state index >= 15 is 0 Å². The largest absolute Gasteiger partial charge is 0.334 e. The van der Waals surface area contributed by atoms with Crippen LogP contribution in [0.3, 0.4) is 0 Å². The predicted octanol–water partition coefficient (Wildman–Crippen LogP) is 3.94. The molecule has 6 nitrogen and oxygen atoms in total. The molecule has 0 aliphatic heterocycles. The molecule has 2 aromatic carbocycles. The van der Waals surface area contributed by atoms with Crippen molar-refractivity contribution >= 4 is 39.3 Å². The summed E-state index contributed by atoms with van der Waals surface area (Å²) in [7, 11) is -0.594. The number of sulfonamides is 1. The van der Waals surface area contributed by atoms with Crippen LogP contribution in [0.1, 0.15) is 24.1 Å². The second-order valence-electron chi connectivity index (χ2n) is 6.27. The van der Waals surface area contributed by atoms with Crippen molar-refractivity contribution in [2.45, 2.75) is 24.4 Å². The van der Waals surface area contributed by atoms with Crippen LogP contribution in [0.2, 0.25) is 10.0 Å². The Bertz CT molecular complexity index is 967. The van der Waals surface area contributed by atoms with E-state index in [1.165, 1.54) is 38.4 Å². The summed E-state index contributed by atoms with van der Waals surface area (Å²) in [4.78, 5) is 12.3. The summed E-state index contributed by atoms with van der Waals surface area (Å²) in [6.45, 7) is 1.85. The van der Waals surface area contributed by atoms with Gasteiger partial charge in [-0.2, -0.15) is 0 Å². The van der Waals surface area contributed by atoms with Crippen LogP contribution in [0.15, 0.2) is 41.3 Å². The Morgan fingerprint density at radius 2 is 1.75 bits per heavy atom. The number of hydrogen-bond donors (Lipinski definition) is 2. The fourth-order valence-electron chi connectivity index (χ4n) is 2.37. The molecule has 152 valence electrons. The van der Waals surface area contributed by atoms with Gasteiger partial charge in [-0.3, -0.25) is 0 Å². The smallest absolute Gasteiger partial charge is 0.315 e. The molecule has 2 N–H and O–H groups in total. The highest BCUT2D eigenvalue weighted by molar-refractivity contribution is 7.89. The number of nitrogens with zero attached hydrogens (tertiary/aromatic N) is 1. The molecule has 0 bridgehead atoms. The molecule has 0 aromatic heterocycles. The summed E-state index contributed by atoms with van der Waals surface area (Å²) >= 11 is 11.7. The molecular weight excluding hydrogens is 428 g/mol. The number of rotatable bonds is 6. The first-order valence-electron chi connectivity index (χ1n) is 8.22. The molecule has 2 rings (SSSR count). The van der Waals surface area contributed by atoms with Crippen LogP contribution in [0.4, 0.5) is 9.18 Å². The Morgan fingerprint density at radius 3 is 2.32 bits per heavy atom. The summed E-state index contributed by atoms with van der Waals surface area (Å²) in [5.41, 5.74) is 1.12. The topological polar surface area (TPSA) is 78.5 Å². The summed E-state index contributed by atoms with van der Waals surface area (Å²) in [6.07, 6.45) is 0. The van der Waals surface area contributed by atoms with Crippen LogP contribution in [-0.4, -0.2) is 32.8 Å². The van der Waals surface area contributed by atoms with Crippen LogP contribution < -0.4 is 10.6 Å². The molecule has 0 heterocycles. The minimum Gasteiger partial charge on any atom is -0.334 e. The van der Waals surface area contributed by atoms with Gasteiger partial charge in [-0.15, -0.1) is 0 Å². The van der Waals surface area contributed by atoms with Crippen LogP contribution in [0, 0.1) is 5.82 Å². The van der Waals surface area contributed by atoms with Crippen molar-refractivity contribution in [3.63, 3.8) is 0 Å². The molecular formula is C18H20Cl2FN3O3S. The first-order valence-corrected chi connectivity index (χ1v) is 10.4. The van der Waals surface area contributed by atoms with Gasteiger partial charge in [0.2, 0.25) is 10.0 Å². The maximum atomic E-state index is 13.6. The third-order valence-electron chi connectivity index (χ3n) is 4.01. The summed E-state index contributed by atoms with van der Waals surface area (Å²) in [5, 5.41) is 5.47. The molecule has 0 fully saturated rings. The highest BCUT2D eigenvalue weighted by Crippen LogP contribution is 2.28. The lowest BCUT2D eigenvalue weighted by molar-refractivity contribution is 0.237. The monoisotopic (exact) mass is 447 g/mol. The van der Waals surface area contributed by atoms with Crippen molar-refractivity contribution in [2.24, 2.45) is 0 Å². The molecule has 2 amide bonds. The van der Waals surface area contributed by atoms with Crippen LogP contribution in [-0.2, 0) is 16.6 Å². The predicted molar refractivity (Wildman–Crippen MR) is 108 cm³/mol. The van der Waals surface area contributed by atoms with Crippen LogP contribution in [0.25, 0.3) is 0 Å². The van der Waals surface area contributed by atoms with Gasteiger partial charge in [0.05, 0.1) is 16.0 Å². The van der Waals surface area contributed by atoms with E-state index in [1.807, 2.05) is 0 Å². The van der Waals surface area contributed by atoms with Gasteiger partial charge in [0, 0.05) is 25.7 Å². The molecule has 0 radical (unpaired) electrons. The van der Waals surface area contributed by atoms with Crippen molar-refractivity contribution in [1.82, 2.24) is 14.9 Å². The molecule has 0 aliphatic carbocycles.